The molecular weight excluding hydrogens is 240 g/mol. The molecule has 2 N–H and O–H groups in total. The van der Waals surface area contributed by atoms with Crippen molar-refractivity contribution in [3.8, 4) is 11.5 Å². The average molecular weight is 242 g/mol. The van der Waals surface area contributed by atoms with Gasteiger partial charge in [0.05, 0.1) is 0 Å². The summed E-state index contributed by atoms with van der Waals surface area (Å²) in [4.78, 5) is 23.3. The second-order valence-electron chi connectivity index (χ2n) is 2.57. The second kappa shape index (κ2) is 3.80. The van der Waals surface area contributed by atoms with Crippen LogP contribution in [0, 0.1) is 20.2 Å². The van der Waals surface area contributed by atoms with Crippen LogP contribution in [0.2, 0.25) is 0 Å². The van der Waals surface area contributed by atoms with Gasteiger partial charge < -0.3 is 10.1 Å². The van der Waals surface area contributed by atoms with Crippen molar-refractivity contribution in [3.63, 3.8) is 0 Å². The monoisotopic (exact) mass is 242 g/mol. The van der Waals surface area contributed by atoms with Crippen LogP contribution in [0.1, 0.15) is 0 Å². The summed E-state index contributed by atoms with van der Waals surface area (Å²) < 4.78 is 4.16. The molecule has 13 nitrogen and oxygen atoms in total. The molecule has 0 aliphatic rings. The lowest BCUT2D eigenvalue weighted by atomic mass is 10.4. The molecule has 0 aliphatic heterocycles. The van der Waals surface area contributed by atoms with Crippen molar-refractivity contribution in [2.24, 2.45) is 0 Å². The fourth-order valence-electron chi connectivity index (χ4n) is 0.949. The summed E-state index contributed by atoms with van der Waals surface area (Å²) in [5.41, 5.74) is 1.35. The first-order valence-electron chi connectivity index (χ1n) is 3.88. The number of hydrazine groups is 1. The lowest BCUT2D eigenvalue weighted by molar-refractivity contribution is -0.446. The van der Waals surface area contributed by atoms with Crippen LogP contribution in [0.4, 0.5) is 11.8 Å². The molecule has 0 unspecified atom stereocenters. The summed E-state index contributed by atoms with van der Waals surface area (Å²) in [7, 11) is 0. The zero-order chi connectivity index (χ0) is 12.4. The lowest BCUT2D eigenvalue weighted by Gasteiger charge is -1.87. The zero-order valence-electron chi connectivity index (χ0n) is 7.72. The summed E-state index contributed by atoms with van der Waals surface area (Å²) >= 11 is 0. The maximum Gasteiger partial charge on any atom is 0.446 e. The topological polar surface area (TPSA) is 179 Å². The molecule has 17 heavy (non-hydrogen) atoms. The smallest absolute Gasteiger partial charge is 0.358 e. The molecule has 0 saturated heterocycles. The number of hydrogen-bond donors (Lipinski definition) is 2. The Morgan fingerprint density at radius 1 is 1.29 bits per heavy atom. The van der Waals surface area contributed by atoms with E-state index < -0.39 is 15.8 Å². The van der Waals surface area contributed by atoms with E-state index in [-0.39, 0.29) is 17.5 Å². The number of hydrogen-bond acceptors (Lipinski definition) is 9. The van der Waals surface area contributed by atoms with Gasteiger partial charge in [-0.05, 0) is 10.1 Å². The molecule has 0 saturated carbocycles. The van der Waals surface area contributed by atoms with Crippen LogP contribution in [-0.4, -0.2) is 35.5 Å². The molecule has 2 aromatic heterocycles. The maximum atomic E-state index is 10.5. The third-order valence-electron chi connectivity index (χ3n) is 1.54. The molecule has 2 aromatic rings. The van der Waals surface area contributed by atoms with Gasteiger partial charge in [0.15, 0.2) is 10.2 Å². The van der Waals surface area contributed by atoms with Crippen LogP contribution >= 0.6 is 0 Å². The normalized spacial score (nSPS) is 10.1. The van der Waals surface area contributed by atoms with Crippen molar-refractivity contribution >= 4 is 11.8 Å². The molecule has 0 atom stereocenters. The predicted octanol–water partition coefficient (Wildman–Crippen LogP) is -0.634. The van der Waals surface area contributed by atoms with E-state index in [1.807, 2.05) is 0 Å². The molecule has 0 aromatic carbocycles. The Morgan fingerprint density at radius 2 is 2.06 bits per heavy atom. The van der Waals surface area contributed by atoms with Crippen LogP contribution in [0.25, 0.3) is 11.5 Å². The highest BCUT2D eigenvalue weighted by molar-refractivity contribution is 5.59. The van der Waals surface area contributed by atoms with Gasteiger partial charge in [0.2, 0.25) is 5.82 Å². The fourth-order valence-corrected chi connectivity index (χ4v) is 0.949. The second-order valence-corrected chi connectivity index (χ2v) is 2.57. The van der Waals surface area contributed by atoms with Gasteiger partial charge in [-0.2, -0.15) is 4.98 Å². The minimum absolute atomic E-state index is 0.248. The molecule has 88 valence electrons. The van der Waals surface area contributed by atoms with Crippen molar-refractivity contribution in [2.45, 2.75) is 0 Å². The van der Waals surface area contributed by atoms with Crippen molar-refractivity contribution < 1.29 is 14.6 Å². The molecule has 0 aliphatic carbocycles. The number of anilines is 1. The summed E-state index contributed by atoms with van der Waals surface area (Å²) in [6, 6.07) is 0. The van der Waals surface area contributed by atoms with Crippen LogP contribution in [0.15, 0.2) is 4.63 Å². The number of nitrogens with zero attached hydrogens (tertiary/aromatic N) is 6. The van der Waals surface area contributed by atoms with Crippen molar-refractivity contribution in [1.29, 1.82) is 0 Å². The van der Waals surface area contributed by atoms with E-state index in [4.69, 9.17) is 0 Å². The highest BCUT2D eigenvalue weighted by Crippen LogP contribution is 2.22. The van der Waals surface area contributed by atoms with E-state index in [1.165, 1.54) is 0 Å². The molecule has 0 spiro atoms. The predicted molar refractivity (Wildman–Crippen MR) is 46.9 cm³/mol. The standard InChI is InChI=1S/C4H2N8O5/c13-11(14)3-1(9-17-10-3)2-5-4(7-6-2)8-12(15)16/h(H2,5,6,7,8). The Balaban J connectivity index is 2.33. The summed E-state index contributed by atoms with van der Waals surface area (Å²) in [6.07, 6.45) is 0. The van der Waals surface area contributed by atoms with Crippen LogP contribution in [-0.2, 0) is 0 Å². The maximum absolute atomic E-state index is 10.5. The lowest BCUT2D eigenvalue weighted by Crippen LogP contribution is -2.08. The fraction of sp³-hybridized carbons (Fsp3) is 0. The van der Waals surface area contributed by atoms with Gasteiger partial charge in [0.1, 0.15) is 0 Å². The Hall–Kier alpha value is -3.12. The largest absolute Gasteiger partial charge is 0.446 e. The number of nitro groups is 2. The minimum Gasteiger partial charge on any atom is -0.358 e. The van der Waals surface area contributed by atoms with Gasteiger partial charge >= 0.3 is 5.82 Å². The van der Waals surface area contributed by atoms with Crippen LogP contribution in [0.3, 0.4) is 0 Å². The summed E-state index contributed by atoms with van der Waals surface area (Å²) in [5.74, 6) is -1.23. The number of nitrogens with one attached hydrogen (secondary N) is 2. The van der Waals surface area contributed by atoms with E-state index in [0.29, 0.717) is 0 Å². The molecular formula is C4H2N8O5. The van der Waals surface area contributed by atoms with Crippen LogP contribution < -0.4 is 5.43 Å². The van der Waals surface area contributed by atoms with E-state index in [9.17, 15) is 20.2 Å². The minimum atomic E-state index is -0.875. The number of aromatic amines is 1. The molecule has 2 rings (SSSR count). The highest BCUT2D eigenvalue weighted by Gasteiger charge is 2.27. The van der Waals surface area contributed by atoms with E-state index >= 15 is 0 Å². The average Bonchev–Trinajstić information content (AvgIpc) is 2.82. The van der Waals surface area contributed by atoms with Gasteiger partial charge in [-0.3, -0.25) is 0 Å². The molecule has 13 heteroatoms. The molecule has 0 radical (unpaired) electrons. The van der Waals surface area contributed by atoms with Crippen molar-refractivity contribution in [2.75, 3.05) is 5.43 Å². The third kappa shape index (κ3) is 1.96. The Morgan fingerprint density at radius 3 is 2.71 bits per heavy atom. The zero-order valence-corrected chi connectivity index (χ0v) is 7.72. The molecule has 2 heterocycles. The summed E-state index contributed by atoms with van der Waals surface area (Å²) in [6.45, 7) is 0. The van der Waals surface area contributed by atoms with E-state index in [1.54, 1.807) is 5.43 Å². The Bertz CT molecular complexity index is 572. The third-order valence-corrected chi connectivity index (χ3v) is 1.54. The van der Waals surface area contributed by atoms with Gasteiger partial charge in [-0.25, -0.2) is 15.2 Å². The molecule has 0 amide bonds. The number of H-pyrrole nitrogens is 1. The SMILES string of the molecule is O=[N+]([O-])Nc1nc(-c2nonc2[N+](=O)[O-])n[nH]1. The highest BCUT2D eigenvalue weighted by atomic mass is 16.7. The number of aromatic nitrogens is 5. The Labute approximate surface area is 90.1 Å². The molecule has 0 fully saturated rings. The van der Waals surface area contributed by atoms with Gasteiger partial charge in [0, 0.05) is 0 Å². The number of rotatable bonds is 4. The van der Waals surface area contributed by atoms with Gasteiger partial charge in [0.25, 0.3) is 11.6 Å². The van der Waals surface area contributed by atoms with E-state index in [0.717, 1.165) is 0 Å². The Kier molecular flexibility index (Phi) is 2.32. The van der Waals surface area contributed by atoms with Crippen molar-refractivity contribution in [3.05, 3.63) is 20.2 Å². The summed E-state index contributed by atoms with van der Waals surface area (Å²) in [5, 5.41) is 31.6. The quantitative estimate of drug-likeness (QED) is 0.517. The van der Waals surface area contributed by atoms with Gasteiger partial charge in [-0.1, -0.05) is 5.43 Å². The first-order valence-corrected chi connectivity index (χ1v) is 3.88. The molecule has 0 bridgehead atoms. The first kappa shape index (κ1) is 10.4. The van der Waals surface area contributed by atoms with E-state index in [2.05, 4.69) is 30.1 Å². The van der Waals surface area contributed by atoms with Gasteiger partial charge in [-0.15, -0.1) is 9.73 Å². The van der Waals surface area contributed by atoms with Crippen LogP contribution in [0.5, 0.6) is 0 Å². The van der Waals surface area contributed by atoms with Crippen molar-refractivity contribution in [1.82, 2.24) is 25.5 Å². The first-order chi connectivity index (χ1) is 8.08.